The molecule has 1 saturated carbocycles. The first-order chi connectivity index (χ1) is 7.73. The standard InChI is InChI=1S/C12H23N3O/c1-2-7-14-11(16)15-8-6-12(9-13)5-3-4-10(12)15/h10H,2-9,13H2,1H3,(H,14,16)/t10-,12-/m0/s1. The maximum atomic E-state index is 12.0. The average Bonchev–Trinajstić information content (AvgIpc) is 2.83. The topological polar surface area (TPSA) is 58.4 Å². The maximum Gasteiger partial charge on any atom is 0.317 e. The van der Waals surface area contributed by atoms with Gasteiger partial charge in [0.25, 0.3) is 0 Å². The summed E-state index contributed by atoms with van der Waals surface area (Å²) in [4.78, 5) is 14.0. The summed E-state index contributed by atoms with van der Waals surface area (Å²) in [7, 11) is 0. The SMILES string of the molecule is CCCNC(=O)N1CC[C@]2(CN)CCC[C@H]12. The summed E-state index contributed by atoms with van der Waals surface area (Å²) in [6.07, 6.45) is 5.64. The molecule has 0 aromatic rings. The fourth-order valence-corrected chi connectivity index (χ4v) is 3.31. The summed E-state index contributed by atoms with van der Waals surface area (Å²) < 4.78 is 0. The number of amides is 2. The van der Waals surface area contributed by atoms with Crippen LogP contribution in [0.15, 0.2) is 0 Å². The molecule has 4 heteroatoms. The second-order valence-corrected chi connectivity index (χ2v) is 5.15. The van der Waals surface area contributed by atoms with Gasteiger partial charge in [-0.3, -0.25) is 0 Å². The highest BCUT2D eigenvalue weighted by molar-refractivity contribution is 5.75. The number of likely N-dealkylation sites (tertiary alicyclic amines) is 1. The first kappa shape index (κ1) is 11.7. The van der Waals surface area contributed by atoms with Crippen LogP contribution in [0.1, 0.15) is 39.0 Å². The highest BCUT2D eigenvalue weighted by Gasteiger charge is 2.50. The number of nitrogens with zero attached hydrogens (tertiary/aromatic N) is 1. The fraction of sp³-hybridized carbons (Fsp3) is 0.917. The number of nitrogens with two attached hydrogens (primary N) is 1. The second-order valence-electron chi connectivity index (χ2n) is 5.15. The summed E-state index contributed by atoms with van der Waals surface area (Å²) in [5.41, 5.74) is 6.15. The molecule has 0 unspecified atom stereocenters. The molecule has 1 aliphatic heterocycles. The number of rotatable bonds is 3. The van der Waals surface area contributed by atoms with E-state index in [4.69, 9.17) is 5.73 Å². The van der Waals surface area contributed by atoms with Crippen LogP contribution in [0, 0.1) is 5.41 Å². The zero-order chi connectivity index (χ0) is 11.6. The number of hydrogen-bond acceptors (Lipinski definition) is 2. The third kappa shape index (κ3) is 1.79. The van der Waals surface area contributed by atoms with Crippen molar-refractivity contribution in [3.8, 4) is 0 Å². The van der Waals surface area contributed by atoms with E-state index in [0.29, 0.717) is 6.04 Å². The molecule has 0 radical (unpaired) electrons. The van der Waals surface area contributed by atoms with Crippen LogP contribution in [0.5, 0.6) is 0 Å². The van der Waals surface area contributed by atoms with Gasteiger partial charge in [-0.15, -0.1) is 0 Å². The normalized spacial score (nSPS) is 32.9. The molecule has 92 valence electrons. The largest absolute Gasteiger partial charge is 0.338 e. The number of fused-ring (bicyclic) bond motifs is 1. The zero-order valence-electron chi connectivity index (χ0n) is 10.2. The lowest BCUT2D eigenvalue weighted by atomic mass is 9.82. The summed E-state index contributed by atoms with van der Waals surface area (Å²) in [6, 6.07) is 0.512. The Morgan fingerprint density at radius 1 is 1.56 bits per heavy atom. The molecule has 2 fully saturated rings. The predicted molar refractivity (Wildman–Crippen MR) is 64.1 cm³/mol. The molecule has 3 N–H and O–H groups in total. The molecule has 2 atom stereocenters. The lowest BCUT2D eigenvalue weighted by Crippen LogP contribution is -2.46. The van der Waals surface area contributed by atoms with Crippen molar-refractivity contribution in [1.29, 1.82) is 0 Å². The molecule has 1 saturated heterocycles. The van der Waals surface area contributed by atoms with Gasteiger partial charge in [-0.05, 0) is 32.2 Å². The number of carbonyl (C=O) groups is 1. The van der Waals surface area contributed by atoms with Crippen LogP contribution in [0.2, 0.25) is 0 Å². The molecule has 0 bridgehead atoms. The molecule has 4 nitrogen and oxygen atoms in total. The Balaban J connectivity index is 2.00. The number of carbonyl (C=O) groups excluding carboxylic acids is 1. The van der Waals surface area contributed by atoms with E-state index in [0.717, 1.165) is 38.9 Å². The van der Waals surface area contributed by atoms with Crippen molar-refractivity contribution < 1.29 is 4.79 Å². The molecule has 16 heavy (non-hydrogen) atoms. The molecule has 0 spiro atoms. The Morgan fingerprint density at radius 3 is 3.06 bits per heavy atom. The Kier molecular flexibility index (Phi) is 3.38. The van der Waals surface area contributed by atoms with E-state index >= 15 is 0 Å². The minimum Gasteiger partial charge on any atom is -0.338 e. The smallest absolute Gasteiger partial charge is 0.317 e. The second kappa shape index (κ2) is 4.62. The van der Waals surface area contributed by atoms with Gasteiger partial charge in [0, 0.05) is 24.5 Å². The Bertz CT molecular complexity index is 269. The van der Waals surface area contributed by atoms with Gasteiger partial charge in [0.05, 0.1) is 0 Å². The minimum absolute atomic E-state index is 0.115. The average molecular weight is 225 g/mol. The third-order valence-corrected chi connectivity index (χ3v) is 4.28. The van der Waals surface area contributed by atoms with E-state index in [-0.39, 0.29) is 11.4 Å². The molecular formula is C12H23N3O. The number of urea groups is 1. The first-order valence-electron chi connectivity index (χ1n) is 6.48. The van der Waals surface area contributed by atoms with Gasteiger partial charge in [-0.2, -0.15) is 0 Å². The summed E-state index contributed by atoms with van der Waals surface area (Å²) >= 11 is 0. The van der Waals surface area contributed by atoms with Crippen LogP contribution in [-0.4, -0.2) is 36.6 Å². The molecule has 2 amide bonds. The number of hydrogen-bond donors (Lipinski definition) is 2. The Labute approximate surface area is 97.6 Å². The molecule has 0 aromatic carbocycles. The highest BCUT2D eigenvalue weighted by Crippen LogP contribution is 2.47. The number of nitrogens with one attached hydrogen (secondary N) is 1. The van der Waals surface area contributed by atoms with Gasteiger partial charge in [-0.1, -0.05) is 13.3 Å². The maximum absolute atomic E-state index is 12.0. The summed E-state index contributed by atoms with van der Waals surface area (Å²) in [5, 5.41) is 2.97. The van der Waals surface area contributed by atoms with E-state index < -0.39 is 0 Å². The van der Waals surface area contributed by atoms with E-state index in [2.05, 4.69) is 12.2 Å². The molecule has 1 aliphatic carbocycles. The van der Waals surface area contributed by atoms with Crippen LogP contribution in [0.3, 0.4) is 0 Å². The van der Waals surface area contributed by atoms with Crippen molar-refractivity contribution in [2.24, 2.45) is 11.1 Å². The van der Waals surface area contributed by atoms with Gasteiger partial charge < -0.3 is 16.0 Å². The lowest BCUT2D eigenvalue weighted by molar-refractivity contribution is 0.173. The molecule has 2 rings (SSSR count). The van der Waals surface area contributed by atoms with Crippen LogP contribution in [0.25, 0.3) is 0 Å². The highest BCUT2D eigenvalue weighted by atomic mass is 16.2. The monoisotopic (exact) mass is 225 g/mol. The van der Waals surface area contributed by atoms with Gasteiger partial charge >= 0.3 is 6.03 Å². The van der Waals surface area contributed by atoms with Gasteiger partial charge in [0.2, 0.25) is 0 Å². The molecular weight excluding hydrogens is 202 g/mol. The minimum atomic E-state index is 0.115. The van der Waals surface area contributed by atoms with Crippen molar-refractivity contribution in [3.63, 3.8) is 0 Å². The van der Waals surface area contributed by atoms with Crippen molar-refractivity contribution in [2.45, 2.75) is 45.1 Å². The first-order valence-corrected chi connectivity index (χ1v) is 6.48. The van der Waals surface area contributed by atoms with Crippen LogP contribution < -0.4 is 11.1 Å². The summed E-state index contributed by atoms with van der Waals surface area (Å²) in [6.45, 7) is 4.47. The molecule has 1 heterocycles. The fourth-order valence-electron chi connectivity index (χ4n) is 3.31. The van der Waals surface area contributed by atoms with Crippen LogP contribution >= 0.6 is 0 Å². The van der Waals surface area contributed by atoms with Crippen molar-refractivity contribution in [3.05, 3.63) is 0 Å². The van der Waals surface area contributed by atoms with Gasteiger partial charge in [0.15, 0.2) is 0 Å². The Morgan fingerprint density at radius 2 is 2.38 bits per heavy atom. The molecule has 0 aromatic heterocycles. The molecule has 2 aliphatic rings. The predicted octanol–water partition coefficient (Wildman–Crippen LogP) is 1.31. The van der Waals surface area contributed by atoms with Gasteiger partial charge in [0.1, 0.15) is 0 Å². The van der Waals surface area contributed by atoms with Crippen LogP contribution in [0.4, 0.5) is 4.79 Å². The Hall–Kier alpha value is -0.770. The third-order valence-electron chi connectivity index (χ3n) is 4.28. The summed E-state index contributed by atoms with van der Waals surface area (Å²) in [5.74, 6) is 0. The van der Waals surface area contributed by atoms with E-state index in [1.165, 1.54) is 12.8 Å². The van der Waals surface area contributed by atoms with Crippen LogP contribution in [-0.2, 0) is 0 Å². The van der Waals surface area contributed by atoms with Crippen molar-refractivity contribution in [2.75, 3.05) is 19.6 Å². The van der Waals surface area contributed by atoms with Crippen molar-refractivity contribution in [1.82, 2.24) is 10.2 Å². The lowest BCUT2D eigenvalue weighted by Gasteiger charge is -2.31. The van der Waals surface area contributed by atoms with E-state index in [9.17, 15) is 4.79 Å². The van der Waals surface area contributed by atoms with Crippen molar-refractivity contribution >= 4 is 6.03 Å². The van der Waals surface area contributed by atoms with E-state index in [1.807, 2.05) is 4.90 Å². The quantitative estimate of drug-likeness (QED) is 0.761. The van der Waals surface area contributed by atoms with Gasteiger partial charge in [-0.25, -0.2) is 4.79 Å². The van der Waals surface area contributed by atoms with E-state index in [1.54, 1.807) is 0 Å². The zero-order valence-corrected chi connectivity index (χ0v) is 10.2.